The van der Waals surface area contributed by atoms with Gasteiger partial charge in [0.25, 0.3) is 0 Å². The molecule has 0 radical (unpaired) electrons. The first-order valence-corrected chi connectivity index (χ1v) is 6.58. The summed E-state index contributed by atoms with van der Waals surface area (Å²) in [5.74, 6) is 1.29. The fraction of sp³-hybridized carbons (Fsp3) is 0.667. The van der Waals surface area contributed by atoms with Gasteiger partial charge in [-0.1, -0.05) is 26.2 Å². The number of aromatic nitrogens is 2. The number of hydrogen-bond donors (Lipinski definition) is 2. The zero-order valence-corrected chi connectivity index (χ0v) is 11.0. The number of nitrogens with one attached hydrogen (secondary N) is 1. The number of nitrogens with two attached hydrogens (primary N) is 1. The number of nitro groups is 1. The molecular formula is C12H19N5O2. The summed E-state index contributed by atoms with van der Waals surface area (Å²) in [6, 6.07) is 0. The number of anilines is 2. The van der Waals surface area contributed by atoms with Gasteiger partial charge in [0.2, 0.25) is 11.6 Å². The van der Waals surface area contributed by atoms with Crippen LogP contribution < -0.4 is 11.1 Å². The second-order valence-corrected chi connectivity index (χ2v) is 5.12. The average Bonchev–Trinajstić information content (AvgIpc) is 2.37. The highest BCUT2D eigenvalue weighted by Gasteiger charge is 2.24. The highest BCUT2D eigenvalue weighted by molar-refractivity contribution is 5.67. The van der Waals surface area contributed by atoms with Crippen LogP contribution in [-0.2, 0) is 0 Å². The first kappa shape index (κ1) is 13.5. The summed E-state index contributed by atoms with van der Waals surface area (Å²) in [6.45, 7) is 2.92. The molecule has 0 bridgehead atoms. The molecule has 0 saturated heterocycles. The first-order chi connectivity index (χ1) is 9.09. The Hall–Kier alpha value is -1.92. The Morgan fingerprint density at radius 2 is 2.21 bits per heavy atom. The van der Waals surface area contributed by atoms with Crippen LogP contribution in [-0.4, -0.2) is 21.4 Å². The van der Waals surface area contributed by atoms with Crippen molar-refractivity contribution in [2.75, 3.05) is 17.6 Å². The van der Waals surface area contributed by atoms with Gasteiger partial charge in [0.15, 0.2) is 0 Å². The molecule has 7 heteroatoms. The van der Waals surface area contributed by atoms with Gasteiger partial charge >= 0.3 is 5.69 Å². The van der Waals surface area contributed by atoms with Crippen molar-refractivity contribution in [3.8, 4) is 0 Å². The van der Waals surface area contributed by atoms with Gasteiger partial charge in [-0.15, -0.1) is 0 Å². The van der Waals surface area contributed by atoms with Crippen LogP contribution in [0.3, 0.4) is 0 Å². The molecule has 2 rings (SSSR count). The molecule has 1 aromatic heterocycles. The molecule has 19 heavy (non-hydrogen) atoms. The van der Waals surface area contributed by atoms with Crippen molar-refractivity contribution in [2.24, 2.45) is 11.8 Å². The van der Waals surface area contributed by atoms with Crippen LogP contribution >= 0.6 is 0 Å². The Bertz CT molecular complexity index is 465. The number of nitrogen functional groups attached to an aromatic ring is 1. The average molecular weight is 265 g/mol. The van der Waals surface area contributed by atoms with Gasteiger partial charge in [0.1, 0.15) is 6.33 Å². The van der Waals surface area contributed by atoms with Gasteiger partial charge in [-0.3, -0.25) is 10.1 Å². The SMILES string of the molecule is CC1CCCCC1CNc1ncnc(N)c1[N+](=O)[O-]. The number of nitrogens with zero attached hydrogens (tertiary/aromatic N) is 3. The van der Waals surface area contributed by atoms with Crippen LogP contribution in [0.15, 0.2) is 6.33 Å². The second kappa shape index (κ2) is 5.81. The highest BCUT2D eigenvalue weighted by atomic mass is 16.6. The van der Waals surface area contributed by atoms with Crippen LogP contribution in [0.25, 0.3) is 0 Å². The summed E-state index contributed by atoms with van der Waals surface area (Å²) in [7, 11) is 0. The fourth-order valence-corrected chi connectivity index (χ4v) is 2.63. The molecular weight excluding hydrogens is 246 g/mol. The van der Waals surface area contributed by atoms with E-state index in [4.69, 9.17) is 5.73 Å². The lowest BCUT2D eigenvalue weighted by Crippen LogP contribution is -2.25. The zero-order chi connectivity index (χ0) is 13.8. The van der Waals surface area contributed by atoms with Crippen LogP contribution in [0.5, 0.6) is 0 Å². The molecule has 2 unspecified atom stereocenters. The van der Waals surface area contributed by atoms with E-state index in [2.05, 4.69) is 22.2 Å². The molecule has 1 aliphatic rings. The van der Waals surface area contributed by atoms with Crippen molar-refractivity contribution in [3.63, 3.8) is 0 Å². The molecule has 1 saturated carbocycles. The molecule has 0 spiro atoms. The Kier molecular flexibility index (Phi) is 4.13. The molecule has 0 aromatic carbocycles. The van der Waals surface area contributed by atoms with E-state index in [-0.39, 0.29) is 17.3 Å². The predicted molar refractivity (Wildman–Crippen MR) is 72.7 cm³/mol. The molecule has 1 aromatic rings. The standard InChI is InChI=1S/C12H19N5O2/c1-8-4-2-3-5-9(8)6-14-12-10(17(18)19)11(13)15-7-16-12/h7-9H,2-6H2,1H3,(H3,13,14,15,16). The molecule has 1 fully saturated rings. The van der Waals surface area contributed by atoms with Crippen LogP contribution in [0.1, 0.15) is 32.6 Å². The van der Waals surface area contributed by atoms with Gasteiger partial charge in [-0.2, -0.15) is 0 Å². The zero-order valence-electron chi connectivity index (χ0n) is 11.0. The van der Waals surface area contributed by atoms with Crippen molar-refractivity contribution in [1.82, 2.24) is 9.97 Å². The summed E-state index contributed by atoms with van der Waals surface area (Å²) in [4.78, 5) is 18.0. The van der Waals surface area contributed by atoms with E-state index in [0.717, 1.165) is 6.42 Å². The van der Waals surface area contributed by atoms with E-state index >= 15 is 0 Å². The molecule has 7 nitrogen and oxygen atoms in total. The van der Waals surface area contributed by atoms with Crippen molar-refractivity contribution in [2.45, 2.75) is 32.6 Å². The van der Waals surface area contributed by atoms with Gasteiger partial charge < -0.3 is 11.1 Å². The maximum absolute atomic E-state index is 11.0. The van der Waals surface area contributed by atoms with E-state index in [1.807, 2.05) is 0 Å². The minimum atomic E-state index is -0.540. The van der Waals surface area contributed by atoms with Crippen molar-refractivity contribution in [3.05, 3.63) is 16.4 Å². The van der Waals surface area contributed by atoms with Crippen molar-refractivity contribution < 1.29 is 4.92 Å². The van der Waals surface area contributed by atoms with Gasteiger partial charge in [-0.25, -0.2) is 9.97 Å². The highest BCUT2D eigenvalue weighted by Crippen LogP contribution is 2.31. The van der Waals surface area contributed by atoms with Crippen LogP contribution in [0.4, 0.5) is 17.3 Å². The normalized spacial score (nSPS) is 23.0. The monoisotopic (exact) mass is 265 g/mol. The molecule has 1 heterocycles. The number of hydrogen-bond acceptors (Lipinski definition) is 6. The fourth-order valence-electron chi connectivity index (χ4n) is 2.63. The lowest BCUT2D eigenvalue weighted by Gasteiger charge is -2.28. The summed E-state index contributed by atoms with van der Waals surface area (Å²) >= 11 is 0. The smallest absolute Gasteiger partial charge is 0.352 e. The lowest BCUT2D eigenvalue weighted by atomic mass is 9.80. The Balaban J connectivity index is 2.07. The summed E-state index contributed by atoms with van der Waals surface area (Å²) in [6.07, 6.45) is 6.13. The third-order valence-corrected chi connectivity index (χ3v) is 3.85. The van der Waals surface area contributed by atoms with Crippen LogP contribution in [0.2, 0.25) is 0 Å². The van der Waals surface area contributed by atoms with Gasteiger partial charge in [0, 0.05) is 6.54 Å². The quantitative estimate of drug-likeness (QED) is 0.638. The van der Waals surface area contributed by atoms with E-state index in [1.54, 1.807) is 0 Å². The molecule has 0 amide bonds. The lowest BCUT2D eigenvalue weighted by molar-refractivity contribution is -0.383. The molecule has 0 aliphatic heterocycles. The molecule has 3 N–H and O–H groups in total. The van der Waals surface area contributed by atoms with E-state index in [0.29, 0.717) is 18.4 Å². The Labute approximate surface area is 111 Å². The summed E-state index contributed by atoms with van der Waals surface area (Å²) in [5.41, 5.74) is 5.29. The maximum atomic E-state index is 11.0. The maximum Gasteiger partial charge on any atom is 0.352 e. The van der Waals surface area contributed by atoms with E-state index < -0.39 is 4.92 Å². The van der Waals surface area contributed by atoms with Crippen LogP contribution in [0, 0.1) is 22.0 Å². The first-order valence-electron chi connectivity index (χ1n) is 6.58. The summed E-state index contributed by atoms with van der Waals surface area (Å²) in [5, 5.41) is 14.0. The molecule has 2 atom stereocenters. The van der Waals surface area contributed by atoms with Crippen molar-refractivity contribution in [1.29, 1.82) is 0 Å². The third kappa shape index (κ3) is 3.10. The Morgan fingerprint density at radius 3 is 2.89 bits per heavy atom. The van der Waals surface area contributed by atoms with E-state index in [9.17, 15) is 10.1 Å². The topological polar surface area (TPSA) is 107 Å². The molecule has 1 aliphatic carbocycles. The second-order valence-electron chi connectivity index (χ2n) is 5.12. The largest absolute Gasteiger partial charge is 0.378 e. The minimum Gasteiger partial charge on any atom is -0.378 e. The Morgan fingerprint density at radius 1 is 1.47 bits per heavy atom. The molecule has 104 valence electrons. The van der Waals surface area contributed by atoms with Crippen molar-refractivity contribution >= 4 is 17.3 Å². The number of rotatable bonds is 4. The van der Waals surface area contributed by atoms with Gasteiger partial charge in [-0.05, 0) is 18.3 Å². The summed E-state index contributed by atoms with van der Waals surface area (Å²) < 4.78 is 0. The van der Waals surface area contributed by atoms with Gasteiger partial charge in [0.05, 0.1) is 4.92 Å². The predicted octanol–water partition coefficient (Wildman–Crippen LogP) is 2.21. The van der Waals surface area contributed by atoms with E-state index in [1.165, 1.54) is 25.6 Å². The minimum absolute atomic E-state index is 0.0980. The third-order valence-electron chi connectivity index (χ3n) is 3.85.